The molecule has 0 saturated carbocycles. The summed E-state index contributed by atoms with van der Waals surface area (Å²) in [7, 11) is 0. The Labute approximate surface area is 132 Å². The highest BCUT2D eigenvalue weighted by molar-refractivity contribution is 5.66. The average Bonchev–Trinajstić information content (AvgIpc) is 2.61. The minimum Gasteiger partial charge on any atom is -0.310 e. The van der Waals surface area contributed by atoms with Crippen LogP contribution >= 0.6 is 0 Å². The van der Waals surface area contributed by atoms with Crippen LogP contribution in [0.3, 0.4) is 0 Å². The van der Waals surface area contributed by atoms with Gasteiger partial charge < -0.3 is 5.32 Å². The van der Waals surface area contributed by atoms with Crippen molar-refractivity contribution < 1.29 is 0 Å². The predicted molar refractivity (Wildman–Crippen MR) is 91.2 cm³/mol. The maximum atomic E-state index is 4.00. The molecule has 1 aromatic heterocycles. The van der Waals surface area contributed by atoms with Crippen molar-refractivity contribution in [2.75, 3.05) is 6.54 Å². The summed E-state index contributed by atoms with van der Waals surface area (Å²) in [5, 5.41) is 3.56. The number of aromatic nitrogens is 1. The monoisotopic (exact) mass is 288 g/mol. The van der Waals surface area contributed by atoms with Crippen molar-refractivity contribution in [3.8, 4) is 11.8 Å². The highest BCUT2D eigenvalue weighted by Crippen LogP contribution is 2.23. The fourth-order valence-electron chi connectivity index (χ4n) is 2.71. The molecule has 1 aliphatic heterocycles. The van der Waals surface area contributed by atoms with Crippen LogP contribution < -0.4 is 5.32 Å². The van der Waals surface area contributed by atoms with Gasteiger partial charge in [-0.3, -0.25) is 4.98 Å². The van der Waals surface area contributed by atoms with Gasteiger partial charge in [-0.15, -0.1) is 0 Å². The summed E-state index contributed by atoms with van der Waals surface area (Å²) >= 11 is 0. The summed E-state index contributed by atoms with van der Waals surface area (Å²) in [5.41, 5.74) is 3.83. The van der Waals surface area contributed by atoms with Gasteiger partial charge in [-0.1, -0.05) is 48.2 Å². The van der Waals surface area contributed by atoms with Gasteiger partial charge in [0.05, 0.1) is 0 Å². The zero-order valence-corrected chi connectivity index (χ0v) is 12.6. The average molecular weight is 288 g/mol. The van der Waals surface area contributed by atoms with Gasteiger partial charge in [-0.25, -0.2) is 0 Å². The molecule has 0 fully saturated rings. The molecule has 1 N–H and O–H groups in total. The molecule has 2 nitrogen and oxygen atoms in total. The van der Waals surface area contributed by atoms with Crippen molar-refractivity contribution in [3.05, 3.63) is 72.1 Å². The molecule has 3 rings (SSSR count). The summed E-state index contributed by atoms with van der Waals surface area (Å²) in [4.78, 5) is 4.00. The second kappa shape index (κ2) is 7.59. The van der Waals surface area contributed by atoms with Gasteiger partial charge in [0.15, 0.2) is 0 Å². The highest BCUT2D eigenvalue weighted by Gasteiger charge is 2.14. The number of nitrogens with one attached hydrogen (secondary N) is 1. The summed E-state index contributed by atoms with van der Waals surface area (Å²) in [6, 6.07) is 15.1. The van der Waals surface area contributed by atoms with Gasteiger partial charge >= 0.3 is 0 Å². The van der Waals surface area contributed by atoms with E-state index in [4.69, 9.17) is 0 Å². The molecule has 2 heterocycles. The molecule has 110 valence electrons. The van der Waals surface area contributed by atoms with Gasteiger partial charge in [-0.05, 0) is 36.1 Å². The van der Waals surface area contributed by atoms with E-state index in [1.54, 1.807) is 12.4 Å². The number of rotatable bonds is 3. The van der Waals surface area contributed by atoms with Crippen molar-refractivity contribution in [1.82, 2.24) is 10.3 Å². The molecular formula is C20H20N2. The molecule has 0 saturated heterocycles. The summed E-state index contributed by atoms with van der Waals surface area (Å²) in [5.74, 6) is 6.46. The third kappa shape index (κ3) is 4.07. The molecule has 0 bridgehead atoms. The Morgan fingerprint density at radius 1 is 1.09 bits per heavy atom. The lowest BCUT2D eigenvalue weighted by molar-refractivity contribution is 0.508. The topological polar surface area (TPSA) is 24.9 Å². The van der Waals surface area contributed by atoms with Gasteiger partial charge in [0, 0.05) is 37.0 Å². The van der Waals surface area contributed by atoms with Gasteiger partial charge in [0.25, 0.3) is 0 Å². The minimum atomic E-state index is 0.520. The molecule has 0 aliphatic carbocycles. The van der Waals surface area contributed by atoms with Crippen LogP contribution in [0.25, 0.3) is 5.57 Å². The van der Waals surface area contributed by atoms with Crippen LogP contribution in [-0.4, -0.2) is 17.6 Å². The Balaban J connectivity index is 1.52. The van der Waals surface area contributed by atoms with Crippen LogP contribution in [0.4, 0.5) is 0 Å². The molecule has 2 heteroatoms. The van der Waals surface area contributed by atoms with E-state index in [2.05, 4.69) is 58.5 Å². The maximum Gasteiger partial charge on any atom is 0.0280 e. The highest BCUT2D eigenvalue weighted by atomic mass is 14.9. The van der Waals surface area contributed by atoms with Crippen LogP contribution in [0.15, 0.2) is 60.9 Å². The van der Waals surface area contributed by atoms with E-state index in [1.165, 1.54) is 11.1 Å². The van der Waals surface area contributed by atoms with E-state index in [0.717, 1.165) is 31.4 Å². The van der Waals surface area contributed by atoms with Crippen molar-refractivity contribution in [1.29, 1.82) is 0 Å². The molecule has 1 aliphatic rings. The fourth-order valence-corrected chi connectivity index (χ4v) is 2.71. The molecule has 22 heavy (non-hydrogen) atoms. The van der Waals surface area contributed by atoms with Crippen molar-refractivity contribution in [2.24, 2.45) is 0 Å². The zero-order valence-electron chi connectivity index (χ0n) is 12.6. The summed E-state index contributed by atoms with van der Waals surface area (Å²) < 4.78 is 0. The summed E-state index contributed by atoms with van der Waals surface area (Å²) in [6.07, 6.45) is 8.95. The van der Waals surface area contributed by atoms with Crippen molar-refractivity contribution in [3.63, 3.8) is 0 Å². The van der Waals surface area contributed by atoms with E-state index in [0.29, 0.717) is 6.04 Å². The number of benzene rings is 1. The maximum absolute atomic E-state index is 4.00. The van der Waals surface area contributed by atoms with Crippen LogP contribution in [0.5, 0.6) is 0 Å². The summed E-state index contributed by atoms with van der Waals surface area (Å²) in [6.45, 7) is 0.951. The lowest BCUT2D eigenvalue weighted by Crippen LogP contribution is -2.32. The first kappa shape index (κ1) is 14.6. The van der Waals surface area contributed by atoms with Crippen LogP contribution in [0.1, 0.15) is 30.4 Å². The molecule has 2 aromatic rings. The second-order valence-electron chi connectivity index (χ2n) is 5.48. The molecular weight excluding hydrogens is 268 g/mol. The Bertz CT molecular complexity index is 678. The first-order valence-corrected chi connectivity index (χ1v) is 7.78. The Hall–Kier alpha value is -2.37. The molecule has 1 atom stereocenters. The number of hydrogen-bond donors (Lipinski definition) is 1. The van der Waals surface area contributed by atoms with Crippen LogP contribution in [0, 0.1) is 11.8 Å². The van der Waals surface area contributed by atoms with E-state index in [9.17, 15) is 0 Å². The Kier molecular flexibility index (Phi) is 5.02. The van der Waals surface area contributed by atoms with Gasteiger partial charge in [0.1, 0.15) is 0 Å². The first-order valence-electron chi connectivity index (χ1n) is 7.78. The van der Waals surface area contributed by atoms with Crippen molar-refractivity contribution in [2.45, 2.75) is 25.3 Å². The van der Waals surface area contributed by atoms with Gasteiger partial charge in [0.2, 0.25) is 0 Å². The normalized spacial score (nSPS) is 17.3. The van der Waals surface area contributed by atoms with E-state index < -0.39 is 0 Å². The number of hydrogen-bond acceptors (Lipinski definition) is 2. The third-order valence-corrected chi connectivity index (χ3v) is 3.90. The first-order chi connectivity index (χ1) is 10.9. The van der Waals surface area contributed by atoms with E-state index in [1.807, 2.05) is 12.1 Å². The molecule has 0 radical (unpaired) electrons. The molecule has 1 unspecified atom stereocenters. The molecule has 0 spiro atoms. The predicted octanol–water partition coefficient (Wildman–Crippen LogP) is 3.66. The van der Waals surface area contributed by atoms with E-state index in [-0.39, 0.29) is 0 Å². The van der Waals surface area contributed by atoms with Gasteiger partial charge in [-0.2, -0.15) is 0 Å². The lowest BCUT2D eigenvalue weighted by Gasteiger charge is -2.24. The zero-order chi connectivity index (χ0) is 15.0. The number of nitrogens with zero attached hydrogens (tertiary/aromatic N) is 1. The van der Waals surface area contributed by atoms with Crippen molar-refractivity contribution >= 4 is 5.57 Å². The Morgan fingerprint density at radius 3 is 2.73 bits per heavy atom. The minimum absolute atomic E-state index is 0.520. The molecule has 0 amide bonds. The standard InChI is InChI=1S/C20H20N2/c1-2-7-18(8-3-1)19-12-15-22-20(16-19)9-5-4-6-17-10-13-21-14-11-17/h1-3,7-8,10-14,20,22H,5,9,15-16H2. The lowest BCUT2D eigenvalue weighted by atomic mass is 9.93. The smallest absolute Gasteiger partial charge is 0.0280 e. The molecule has 1 aromatic carbocycles. The van der Waals surface area contributed by atoms with E-state index >= 15 is 0 Å². The fraction of sp³-hybridized carbons (Fsp3) is 0.250. The third-order valence-electron chi connectivity index (χ3n) is 3.90. The van der Waals surface area contributed by atoms with Crippen LogP contribution in [-0.2, 0) is 0 Å². The second-order valence-corrected chi connectivity index (χ2v) is 5.48. The quantitative estimate of drug-likeness (QED) is 0.872. The SMILES string of the molecule is C(#Cc1ccncc1)CCC1CC(c2ccccc2)=CCN1. The largest absolute Gasteiger partial charge is 0.310 e. The van der Waals surface area contributed by atoms with Crippen LogP contribution in [0.2, 0.25) is 0 Å². The number of pyridine rings is 1. The Morgan fingerprint density at radius 2 is 1.91 bits per heavy atom.